The van der Waals surface area contributed by atoms with Crippen molar-refractivity contribution in [3.8, 4) is 0 Å². The highest BCUT2D eigenvalue weighted by molar-refractivity contribution is 5.85. The molecule has 0 amide bonds. The number of hydrogen-bond acceptors (Lipinski definition) is 3. The highest BCUT2D eigenvalue weighted by atomic mass is 35.5. The predicted octanol–water partition coefficient (Wildman–Crippen LogP) is -0.918. The van der Waals surface area contributed by atoms with E-state index in [1.165, 1.54) is 0 Å². The maximum atomic E-state index is 7.89. The van der Waals surface area contributed by atoms with Crippen molar-refractivity contribution in [3.05, 3.63) is 0 Å². The lowest BCUT2D eigenvalue weighted by atomic mass is 11.3. The molecule has 0 atom stereocenters. The average molecular weight is 113 g/mol. The van der Waals surface area contributed by atoms with Gasteiger partial charge in [-0.1, -0.05) is 0 Å². The quantitative estimate of drug-likeness (QED) is 0.320. The van der Waals surface area contributed by atoms with Crippen molar-refractivity contribution in [2.45, 2.75) is 0 Å². The molecule has 0 saturated heterocycles. The standard InChI is InChI=1S/C2H8N2O.ClH/c1-3-4-2-5;/h3-5H,2H2,1H3;1H. The monoisotopic (exact) mass is 112 g/mol. The minimum absolute atomic E-state index is 0. The molecule has 6 heavy (non-hydrogen) atoms. The molecule has 0 aromatic carbocycles. The van der Waals surface area contributed by atoms with Crippen molar-refractivity contribution in [3.63, 3.8) is 0 Å². The Morgan fingerprint density at radius 1 is 1.67 bits per heavy atom. The molecule has 0 saturated carbocycles. The number of halogens is 1. The number of aliphatic hydroxyl groups excluding tert-OH is 1. The second-order valence-corrected chi connectivity index (χ2v) is 0.585. The van der Waals surface area contributed by atoms with Gasteiger partial charge < -0.3 is 5.11 Å². The van der Waals surface area contributed by atoms with E-state index in [0.29, 0.717) is 0 Å². The summed E-state index contributed by atoms with van der Waals surface area (Å²) in [6.07, 6.45) is 0. The van der Waals surface area contributed by atoms with E-state index in [-0.39, 0.29) is 19.1 Å². The van der Waals surface area contributed by atoms with Crippen LogP contribution in [0.3, 0.4) is 0 Å². The van der Waals surface area contributed by atoms with Gasteiger partial charge in [0.25, 0.3) is 0 Å². The van der Waals surface area contributed by atoms with Gasteiger partial charge in [-0.25, -0.2) is 5.43 Å². The topological polar surface area (TPSA) is 44.3 Å². The zero-order chi connectivity index (χ0) is 4.12. The first kappa shape index (κ1) is 9.48. The number of nitrogens with one attached hydrogen (secondary N) is 2. The maximum absolute atomic E-state index is 7.89. The first-order chi connectivity index (χ1) is 2.41. The van der Waals surface area contributed by atoms with Crippen LogP contribution in [-0.2, 0) is 0 Å². The summed E-state index contributed by atoms with van der Waals surface area (Å²) >= 11 is 0. The molecule has 4 heteroatoms. The van der Waals surface area contributed by atoms with Crippen molar-refractivity contribution in [2.24, 2.45) is 0 Å². The summed E-state index contributed by atoms with van der Waals surface area (Å²) < 4.78 is 0. The van der Waals surface area contributed by atoms with Crippen LogP contribution in [0, 0.1) is 0 Å². The van der Waals surface area contributed by atoms with Crippen molar-refractivity contribution in [1.29, 1.82) is 0 Å². The van der Waals surface area contributed by atoms with Crippen LogP contribution in [0.5, 0.6) is 0 Å². The predicted molar refractivity (Wildman–Crippen MR) is 26.5 cm³/mol. The molecule has 3 N–H and O–H groups in total. The van der Waals surface area contributed by atoms with Gasteiger partial charge in [0, 0.05) is 0 Å². The third-order valence-corrected chi connectivity index (χ3v) is 0.256. The summed E-state index contributed by atoms with van der Waals surface area (Å²) in [4.78, 5) is 0. The zero-order valence-electron chi connectivity index (χ0n) is 3.56. The Labute approximate surface area is 43.1 Å². The number of rotatable bonds is 2. The molecule has 0 radical (unpaired) electrons. The first-order valence-corrected chi connectivity index (χ1v) is 1.42. The fourth-order valence-electron chi connectivity index (χ4n) is 0.0791. The molecule has 0 rings (SSSR count). The van der Waals surface area contributed by atoms with E-state index in [2.05, 4.69) is 10.9 Å². The van der Waals surface area contributed by atoms with E-state index < -0.39 is 0 Å². The molecular formula is C2H9ClN2O. The van der Waals surface area contributed by atoms with Crippen LogP contribution >= 0.6 is 12.4 Å². The van der Waals surface area contributed by atoms with Gasteiger partial charge in [0.2, 0.25) is 0 Å². The SMILES string of the molecule is CNNCO.Cl. The van der Waals surface area contributed by atoms with Crippen LogP contribution in [0.1, 0.15) is 0 Å². The molecule has 0 aliphatic heterocycles. The highest BCUT2D eigenvalue weighted by Crippen LogP contribution is 1.27. The van der Waals surface area contributed by atoms with E-state index in [9.17, 15) is 0 Å². The lowest BCUT2D eigenvalue weighted by Gasteiger charge is -1.89. The molecule has 40 valence electrons. The van der Waals surface area contributed by atoms with Crippen LogP contribution < -0.4 is 10.9 Å². The van der Waals surface area contributed by atoms with Crippen molar-refractivity contribution < 1.29 is 5.11 Å². The lowest BCUT2D eigenvalue weighted by Crippen LogP contribution is -2.27. The summed E-state index contributed by atoms with van der Waals surface area (Å²) in [5, 5.41) is 7.89. The van der Waals surface area contributed by atoms with E-state index >= 15 is 0 Å². The Morgan fingerprint density at radius 3 is 2.17 bits per heavy atom. The third-order valence-electron chi connectivity index (χ3n) is 0.256. The molecular weight excluding hydrogens is 103 g/mol. The van der Waals surface area contributed by atoms with Gasteiger partial charge in [0.15, 0.2) is 0 Å². The van der Waals surface area contributed by atoms with Gasteiger partial charge in [0.05, 0.1) is 0 Å². The fourth-order valence-corrected chi connectivity index (χ4v) is 0.0791. The van der Waals surface area contributed by atoms with E-state index in [4.69, 9.17) is 5.11 Å². The molecule has 3 nitrogen and oxygen atoms in total. The Bertz CT molecular complexity index is 19.0. The molecule has 0 heterocycles. The van der Waals surface area contributed by atoms with E-state index in [1.807, 2.05) is 0 Å². The van der Waals surface area contributed by atoms with Crippen LogP contribution in [0.15, 0.2) is 0 Å². The van der Waals surface area contributed by atoms with E-state index in [0.717, 1.165) is 0 Å². The average Bonchev–Trinajstić information content (AvgIpc) is 1.41. The summed E-state index contributed by atoms with van der Waals surface area (Å²) in [5.41, 5.74) is 4.93. The molecule has 0 unspecified atom stereocenters. The first-order valence-electron chi connectivity index (χ1n) is 1.42. The lowest BCUT2D eigenvalue weighted by molar-refractivity contribution is 0.245. The molecule has 0 aromatic rings. The number of aliphatic hydroxyl groups is 1. The van der Waals surface area contributed by atoms with Crippen LogP contribution in [-0.4, -0.2) is 18.9 Å². The Kier molecular flexibility index (Phi) is 14.1. The summed E-state index contributed by atoms with van der Waals surface area (Å²) in [6, 6.07) is 0. The van der Waals surface area contributed by atoms with E-state index in [1.54, 1.807) is 7.05 Å². The van der Waals surface area contributed by atoms with Crippen LogP contribution in [0.2, 0.25) is 0 Å². The minimum atomic E-state index is -0.0174. The molecule has 0 aliphatic rings. The summed E-state index contributed by atoms with van der Waals surface area (Å²) in [6.45, 7) is -0.0174. The smallest absolute Gasteiger partial charge is 0.105 e. The fraction of sp³-hybridized carbons (Fsp3) is 1.00. The van der Waals surface area contributed by atoms with Gasteiger partial charge in [-0.15, -0.1) is 12.4 Å². The zero-order valence-corrected chi connectivity index (χ0v) is 4.38. The van der Waals surface area contributed by atoms with Crippen molar-refractivity contribution >= 4 is 12.4 Å². The maximum Gasteiger partial charge on any atom is 0.105 e. The van der Waals surface area contributed by atoms with Gasteiger partial charge in [-0.2, -0.15) is 0 Å². The van der Waals surface area contributed by atoms with Crippen molar-refractivity contribution in [1.82, 2.24) is 10.9 Å². The second kappa shape index (κ2) is 8.95. The normalized spacial score (nSPS) is 7.00. The molecule has 0 fully saturated rings. The Morgan fingerprint density at radius 2 is 2.17 bits per heavy atom. The largest absolute Gasteiger partial charge is 0.380 e. The molecule has 0 bridgehead atoms. The van der Waals surface area contributed by atoms with Crippen molar-refractivity contribution in [2.75, 3.05) is 13.8 Å². The molecule has 0 spiro atoms. The van der Waals surface area contributed by atoms with Gasteiger partial charge in [-0.05, 0) is 7.05 Å². The minimum Gasteiger partial charge on any atom is -0.380 e. The van der Waals surface area contributed by atoms with Gasteiger partial charge in [0.1, 0.15) is 6.73 Å². The Hall–Kier alpha value is 0.170. The van der Waals surface area contributed by atoms with Crippen LogP contribution in [0.25, 0.3) is 0 Å². The second-order valence-electron chi connectivity index (χ2n) is 0.585. The molecule has 0 aliphatic carbocycles. The highest BCUT2D eigenvalue weighted by Gasteiger charge is 1.60. The Balaban J connectivity index is 0. The number of hydrogen-bond donors (Lipinski definition) is 3. The number of hydrazine groups is 1. The van der Waals surface area contributed by atoms with Crippen LogP contribution in [0.4, 0.5) is 0 Å². The third kappa shape index (κ3) is 8.90. The summed E-state index contributed by atoms with van der Waals surface area (Å²) in [7, 11) is 1.69. The van der Waals surface area contributed by atoms with Gasteiger partial charge in [-0.3, -0.25) is 5.43 Å². The molecule has 0 aromatic heterocycles. The summed E-state index contributed by atoms with van der Waals surface area (Å²) in [5.74, 6) is 0. The van der Waals surface area contributed by atoms with Gasteiger partial charge >= 0.3 is 0 Å².